The number of nitrogens with zero attached hydrogens (tertiary/aromatic N) is 4. The second kappa shape index (κ2) is 7.19. The van der Waals surface area contributed by atoms with Crippen LogP contribution < -0.4 is 10.2 Å². The third-order valence-electron chi connectivity index (χ3n) is 4.94. The molecular formula is C19H23N5O. The highest BCUT2D eigenvalue weighted by Crippen LogP contribution is 2.19. The van der Waals surface area contributed by atoms with Gasteiger partial charge in [-0.05, 0) is 18.4 Å². The van der Waals surface area contributed by atoms with Crippen molar-refractivity contribution in [1.29, 1.82) is 0 Å². The molecule has 0 spiro atoms. The van der Waals surface area contributed by atoms with Gasteiger partial charge in [-0.3, -0.25) is 4.79 Å². The van der Waals surface area contributed by atoms with Crippen LogP contribution >= 0.6 is 0 Å². The lowest BCUT2D eigenvalue weighted by Crippen LogP contribution is -2.48. The summed E-state index contributed by atoms with van der Waals surface area (Å²) >= 11 is 0. The van der Waals surface area contributed by atoms with Gasteiger partial charge < -0.3 is 15.1 Å². The number of benzene rings is 1. The van der Waals surface area contributed by atoms with Gasteiger partial charge in [-0.2, -0.15) is 0 Å². The van der Waals surface area contributed by atoms with Crippen molar-refractivity contribution in [1.82, 2.24) is 20.2 Å². The van der Waals surface area contributed by atoms with E-state index in [9.17, 15) is 4.79 Å². The number of rotatable bonds is 3. The monoisotopic (exact) mass is 337 g/mol. The van der Waals surface area contributed by atoms with E-state index in [0.717, 1.165) is 25.6 Å². The Hall–Kier alpha value is -2.47. The van der Waals surface area contributed by atoms with Crippen LogP contribution in [0.1, 0.15) is 34.8 Å². The van der Waals surface area contributed by atoms with Gasteiger partial charge in [-0.1, -0.05) is 30.3 Å². The van der Waals surface area contributed by atoms with E-state index in [-0.39, 0.29) is 11.9 Å². The SMILES string of the molecule is O=C(c1cnc(N2CCCC2)nc1)N1CCN[C@@H](c2ccccc2)C1. The van der Waals surface area contributed by atoms with Crippen LogP contribution in [0.5, 0.6) is 0 Å². The first-order chi connectivity index (χ1) is 12.3. The molecular weight excluding hydrogens is 314 g/mol. The molecule has 6 heteroatoms. The van der Waals surface area contributed by atoms with E-state index in [4.69, 9.17) is 0 Å². The molecule has 1 amide bonds. The van der Waals surface area contributed by atoms with Gasteiger partial charge in [-0.15, -0.1) is 0 Å². The lowest BCUT2D eigenvalue weighted by molar-refractivity contribution is 0.0702. The van der Waals surface area contributed by atoms with Crippen molar-refractivity contribution in [2.24, 2.45) is 0 Å². The first-order valence-corrected chi connectivity index (χ1v) is 8.96. The lowest BCUT2D eigenvalue weighted by Gasteiger charge is -2.34. The molecule has 4 rings (SSSR count). The zero-order valence-corrected chi connectivity index (χ0v) is 14.3. The predicted octanol–water partition coefficient (Wildman–Crippen LogP) is 1.86. The zero-order valence-electron chi connectivity index (χ0n) is 14.3. The number of hydrogen-bond acceptors (Lipinski definition) is 5. The molecule has 0 aliphatic carbocycles. The number of anilines is 1. The van der Waals surface area contributed by atoms with Crippen molar-refractivity contribution in [2.45, 2.75) is 18.9 Å². The Kier molecular flexibility index (Phi) is 4.61. The van der Waals surface area contributed by atoms with Crippen molar-refractivity contribution in [3.63, 3.8) is 0 Å². The van der Waals surface area contributed by atoms with Crippen LogP contribution in [0, 0.1) is 0 Å². The lowest BCUT2D eigenvalue weighted by atomic mass is 10.0. The van der Waals surface area contributed by atoms with Crippen LogP contribution in [-0.2, 0) is 0 Å². The van der Waals surface area contributed by atoms with Crippen molar-refractivity contribution in [2.75, 3.05) is 37.6 Å². The molecule has 3 heterocycles. The van der Waals surface area contributed by atoms with E-state index in [0.29, 0.717) is 18.7 Å². The van der Waals surface area contributed by atoms with Crippen LogP contribution in [0.4, 0.5) is 5.95 Å². The van der Waals surface area contributed by atoms with Crippen molar-refractivity contribution < 1.29 is 4.79 Å². The molecule has 2 saturated heterocycles. The fourth-order valence-corrected chi connectivity index (χ4v) is 3.54. The van der Waals surface area contributed by atoms with Crippen LogP contribution in [0.3, 0.4) is 0 Å². The average molecular weight is 337 g/mol. The molecule has 2 aliphatic rings. The summed E-state index contributed by atoms with van der Waals surface area (Å²) in [4.78, 5) is 25.7. The minimum absolute atomic E-state index is 0.00963. The molecule has 1 atom stereocenters. The molecule has 1 aromatic heterocycles. The summed E-state index contributed by atoms with van der Waals surface area (Å²) in [5.74, 6) is 0.743. The Labute approximate surface area is 147 Å². The third kappa shape index (κ3) is 3.49. The van der Waals surface area contributed by atoms with Crippen LogP contribution in [0.25, 0.3) is 0 Å². The van der Waals surface area contributed by atoms with Gasteiger partial charge in [-0.25, -0.2) is 9.97 Å². The number of carbonyl (C=O) groups excluding carboxylic acids is 1. The van der Waals surface area contributed by atoms with E-state index in [1.807, 2.05) is 23.1 Å². The normalized spacial score (nSPS) is 20.7. The summed E-state index contributed by atoms with van der Waals surface area (Å²) in [5, 5.41) is 3.49. The van der Waals surface area contributed by atoms with Gasteiger partial charge in [0.05, 0.1) is 5.56 Å². The average Bonchev–Trinajstić information content (AvgIpc) is 3.23. The zero-order chi connectivity index (χ0) is 17.1. The Bertz CT molecular complexity index is 712. The molecule has 25 heavy (non-hydrogen) atoms. The maximum atomic E-state index is 12.8. The number of amides is 1. The standard InChI is InChI=1S/C19H23N5O/c25-18(16-12-21-19(22-13-16)23-9-4-5-10-23)24-11-8-20-17(14-24)15-6-2-1-3-7-15/h1-3,6-7,12-13,17,20H,4-5,8-11,14H2/t17-/m1/s1. The number of nitrogens with one attached hydrogen (secondary N) is 1. The first kappa shape index (κ1) is 16.0. The van der Waals surface area contributed by atoms with Crippen molar-refractivity contribution in [3.05, 3.63) is 53.9 Å². The Morgan fingerprint density at radius 1 is 1.04 bits per heavy atom. The molecule has 0 unspecified atom stereocenters. The summed E-state index contributed by atoms with van der Waals surface area (Å²) in [6.07, 6.45) is 5.71. The molecule has 130 valence electrons. The largest absolute Gasteiger partial charge is 0.341 e. The Balaban J connectivity index is 1.44. The van der Waals surface area contributed by atoms with E-state index >= 15 is 0 Å². The second-order valence-electron chi connectivity index (χ2n) is 6.63. The number of aromatic nitrogens is 2. The highest BCUT2D eigenvalue weighted by Gasteiger charge is 2.25. The number of hydrogen-bond donors (Lipinski definition) is 1. The minimum Gasteiger partial charge on any atom is -0.341 e. The van der Waals surface area contributed by atoms with Crippen LogP contribution in [-0.4, -0.2) is 53.5 Å². The molecule has 0 radical (unpaired) electrons. The fourth-order valence-electron chi connectivity index (χ4n) is 3.54. The molecule has 0 saturated carbocycles. The topological polar surface area (TPSA) is 61.4 Å². The van der Waals surface area contributed by atoms with E-state index in [2.05, 4.69) is 32.3 Å². The summed E-state index contributed by atoms with van der Waals surface area (Å²) < 4.78 is 0. The van der Waals surface area contributed by atoms with Crippen LogP contribution in [0.15, 0.2) is 42.7 Å². The smallest absolute Gasteiger partial charge is 0.257 e. The maximum Gasteiger partial charge on any atom is 0.257 e. The van der Waals surface area contributed by atoms with Gasteiger partial charge in [0.1, 0.15) is 0 Å². The van der Waals surface area contributed by atoms with Crippen LogP contribution in [0.2, 0.25) is 0 Å². The Morgan fingerprint density at radius 2 is 1.76 bits per heavy atom. The summed E-state index contributed by atoms with van der Waals surface area (Å²) in [5.41, 5.74) is 1.78. The summed E-state index contributed by atoms with van der Waals surface area (Å²) in [6.45, 7) is 4.17. The molecule has 2 fully saturated rings. The van der Waals surface area contributed by atoms with Gasteiger partial charge >= 0.3 is 0 Å². The quantitative estimate of drug-likeness (QED) is 0.926. The maximum absolute atomic E-state index is 12.8. The number of piperazine rings is 1. The van der Waals surface area contributed by atoms with Gasteiger partial charge in [0.15, 0.2) is 0 Å². The van der Waals surface area contributed by atoms with Crippen molar-refractivity contribution in [3.8, 4) is 0 Å². The molecule has 1 N–H and O–H groups in total. The second-order valence-corrected chi connectivity index (χ2v) is 6.63. The fraction of sp³-hybridized carbons (Fsp3) is 0.421. The highest BCUT2D eigenvalue weighted by molar-refractivity contribution is 5.93. The minimum atomic E-state index is 0.00963. The molecule has 2 aliphatic heterocycles. The van der Waals surface area contributed by atoms with E-state index < -0.39 is 0 Å². The summed E-state index contributed by atoms with van der Waals surface area (Å²) in [6, 6.07) is 10.4. The molecule has 1 aromatic carbocycles. The molecule has 0 bridgehead atoms. The highest BCUT2D eigenvalue weighted by atomic mass is 16.2. The van der Waals surface area contributed by atoms with Gasteiger partial charge in [0.2, 0.25) is 5.95 Å². The number of carbonyl (C=O) groups is 1. The molecule has 2 aromatic rings. The summed E-state index contributed by atoms with van der Waals surface area (Å²) in [7, 11) is 0. The third-order valence-corrected chi connectivity index (χ3v) is 4.94. The Morgan fingerprint density at radius 3 is 2.48 bits per heavy atom. The van der Waals surface area contributed by atoms with Crippen molar-refractivity contribution >= 4 is 11.9 Å². The van der Waals surface area contributed by atoms with Gasteiger partial charge in [0.25, 0.3) is 5.91 Å². The van der Waals surface area contributed by atoms with Gasteiger partial charge in [0, 0.05) is 51.2 Å². The molecule has 6 nitrogen and oxygen atoms in total. The first-order valence-electron chi connectivity index (χ1n) is 8.96. The predicted molar refractivity (Wildman–Crippen MR) is 96.6 cm³/mol. The van der Waals surface area contributed by atoms with E-state index in [1.165, 1.54) is 18.4 Å². The van der Waals surface area contributed by atoms with E-state index in [1.54, 1.807) is 12.4 Å².